The second kappa shape index (κ2) is 5.22. The van der Waals surface area contributed by atoms with E-state index in [0.29, 0.717) is 6.42 Å². The lowest BCUT2D eigenvalue weighted by molar-refractivity contribution is -0.197. The van der Waals surface area contributed by atoms with Gasteiger partial charge in [-0.25, -0.2) is 8.78 Å². The Morgan fingerprint density at radius 1 is 1.11 bits per heavy atom. The molecule has 0 radical (unpaired) electrons. The molecule has 18 heavy (non-hydrogen) atoms. The molecule has 0 heterocycles. The number of rotatable bonds is 4. The summed E-state index contributed by atoms with van der Waals surface area (Å²) in [6.07, 6.45) is -4.38. The Morgan fingerprint density at radius 2 is 1.61 bits per heavy atom. The van der Waals surface area contributed by atoms with Gasteiger partial charge in [-0.15, -0.1) is 0 Å². The molecule has 1 atom stereocenters. The Hall–Kier alpha value is -1.17. The molecular formula is C12H14F5N. The Bertz CT molecular complexity index is 395. The number of alkyl halides is 3. The normalized spacial score (nSPS) is 15.5. The van der Waals surface area contributed by atoms with Crippen molar-refractivity contribution in [2.75, 3.05) is 6.54 Å². The molecule has 1 rings (SSSR count). The number of benzene rings is 1. The Morgan fingerprint density at radius 3 is 2.00 bits per heavy atom. The zero-order valence-corrected chi connectivity index (χ0v) is 10.0. The molecule has 1 N–H and O–H groups in total. The smallest absolute Gasteiger partial charge is 0.300 e. The molecule has 1 unspecified atom stereocenters. The van der Waals surface area contributed by atoms with Crippen molar-refractivity contribution in [1.82, 2.24) is 5.32 Å². The zero-order chi connectivity index (χ0) is 14.0. The first-order valence-electron chi connectivity index (χ1n) is 5.50. The summed E-state index contributed by atoms with van der Waals surface area (Å²) in [6, 6.07) is 2.66. The Kier molecular flexibility index (Phi) is 4.32. The maximum atomic E-state index is 13.5. The maximum Gasteiger partial charge on any atom is 0.410 e. The molecule has 0 saturated heterocycles. The Balaban J connectivity index is 3.35. The van der Waals surface area contributed by atoms with E-state index in [-0.39, 0.29) is 6.54 Å². The van der Waals surface area contributed by atoms with Crippen molar-refractivity contribution in [3.8, 4) is 0 Å². The number of halogens is 5. The summed E-state index contributed by atoms with van der Waals surface area (Å²) in [5.74, 6) is -2.42. The van der Waals surface area contributed by atoms with Crippen molar-refractivity contribution in [2.24, 2.45) is 0 Å². The van der Waals surface area contributed by atoms with Gasteiger partial charge in [0.05, 0.1) is 5.56 Å². The van der Waals surface area contributed by atoms with Crippen LogP contribution in [0.25, 0.3) is 0 Å². The molecular weight excluding hydrogens is 253 g/mol. The molecule has 0 aliphatic heterocycles. The van der Waals surface area contributed by atoms with Gasteiger partial charge < -0.3 is 0 Å². The molecule has 6 heteroatoms. The summed E-state index contributed by atoms with van der Waals surface area (Å²) in [5.41, 5.74) is -3.73. The van der Waals surface area contributed by atoms with E-state index in [0.717, 1.165) is 25.1 Å². The van der Waals surface area contributed by atoms with Crippen molar-refractivity contribution in [1.29, 1.82) is 0 Å². The van der Waals surface area contributed by atoms with Crippen molar-refractivity contribution >= 4 is 0 Å². The van der Waals surface area contributed by atoms with Gasteiger partial charge in [-0.1, -0.05) is 13.0 Å². The van der Waals surface area contributed by atoms with Crippen molar-refractivity contribution in [3.05, 3.63) is 35.4 Å². The van der Waals surface area contributed by atoms with Crippen LogP contribution in [0.2, 0.25) is 0 Å². The summed E-state index contributed by atoms with van der Waals surface area (Å²) in [4.78, 5) is 0. The van der Waals surface area contributed by atoms with E-state index in [2.05, 4.69) is 5.32 Å². The van der Waals surface area contributed by atoms with Crippen LogP contribution in [-0.4, -0.2) is 12.7 Å². The number of nitrogens with one attached hydrogen (secondary N) is 1. The van der Waals surface area contributed by atoms with Crippen LogP contribution in [0.3, 0.4) is 0 Å². The minimum atomic E-state index is -4.80. The molecule has 0 bridgehead atoms. The van der Waals surface area contributed by atoms with Crippen molar-refractivity contribution < 1.29 is 22.0 Å². The van der Waals surface area contributed by atoms with Crippen molar-refractivity contribution in [3.63, 3.8) is 0 Å². The molecule has 1 aromatic rings. The van der Waals surface area contributed by atoms with Gasteiger partial charge >= 0.3 is 6.18 Å². The molecule has 0 spiro atoms. The first-order valence-corrected chi connectivity index (χ1v) is 5.50. The maximum absolute atomic E-state index is 13.5. The molecule has 0 fully saturated rings. The zero-order valence-electron chi connectivity index (χ0n) is 10.0. The second-order valence-electron chi connectivity index (χ2n) is 4.15. The van der Waals surface area contributed by atoms with Gasteiger partial charge in [-0.3, -0.25) is 5.32 Å². The molecule has 0 aliphatic rings. The van der Waals surface area contributed by atoms with Crippen LogP contribution in [0.1, 0.15) is 25.8 Å². The average Bonchev–Trinajstić information content (AvgIpc) is 2.24. The standard InChI is InChI=1S/C12H14F5N/c1-3-7-18-11(2,12(15,16)17)10-8(13)5-4-6-9(10)14/h4-6,18H,3,7H2,1-2H3. The second-order valence-corrected chi connectivity index (χ2v) is 4.15. The first kappa shape index (κ1) is 14.9. The van der Waals surface area contributed by atoms with Crippen molar-refractivity contribution in [2.45, 2.75) is 32.0 Å². The van der Waals surface area contributed by atoms with Gasteiger partial charge in [0.1, 0.15) is 17.2 Å². The van der Waals surface area contributed by atoms with Crippen LogP contribution in [0.4, 0.5) is 22.0 Å². The fourth-order valence-electron chi connectivity index (χ4n) is 1.68. The van der Waals surface area contributed by atoms with E-state index in [9.17, 15) is 22.0 Å². The fourth-order valence-corrected chi connectivity index (χ4v) is 1.68. The van der Waals surface area contributed by atoms with Crippen LogP contribution in [0, 0.1) is 11.6 Å². The summed E-state index contributed by atoms with van der Waals surface area (Å²) in [7, 11) is 0. The highest BCUT2D eigenvalue weighted by molar-refractivity contribution is 5.29. The summed E-state index contributed by atoms with van der Waals surface area (Å²) in [6.45, 7) is 2.41. The molecule has 0 aromatic heterocycles. The summed E-state index contributed by atoms with van der Waals surface area (Å²) < 4.78 is 66.3. The predicted octanol–water partition coefficient (Wildman–Crippen LogP) is 3.74. The molecule has 0 aliphatic carbocycles. The fraction of sp³-hybridized carbons (Fsp3) is 0.500. The number of hydrogen-bond acceptors (Lipinski definition) is 1. The minimum absolute atomic E-state index is 0.00375. The SMILES string of the molecule is CCCNC(C)(c1c(F)cccc1F)C(F)(F)F. The molecule has 1 nitrogen and oxygen atoms in total. The van der Waals surface area contributed by atoms with Gasteiger partial charge in [0.25, 0.3) is 0 Å². The van der Waals surface area contributed by atoms with Crippen LogP contribution in [0.5, 0.6) is 0 Å². The average molecular weight is 267 g/mol. The van der Waals surface area contributed by atoms with Crippen LogP contribution < -0.4 is 5.32 Å². The van der Waals surface area contributed by atoms with Gasteiger partial charge in [0, 0.05) is 0 Å². The highest BCUT2D eigenvalue weighted by Crippen LogP contribution is 2.40. The van der Waals surface area contributed by atoms with Gasteiger partial charge in [-0.2, -0.15) is 13.2 Å². The van der Waals surface area contributed by atoms with Gasteiger partial charge in [0.2, 0.25) is 0 Å². The topological polar surface area (TPSA) is 12.0 Å². The minimum Gasteiger partial charge on any atom is -0.300 e. The molecule has 102 valence electrons. The van der Waals surface area contributed by atoms with Crippen LogP contribution in [0.15, 0.2) is 18.2 Å². The van der Waals surface area contributed by atoms with E-state index < -0.39 is 28.9 Å². The Labute approximate surface area is 102 Å². The third-order valence-electron chi connectivity index (χ3n) is 2.76. The van der Waals surface area contributed by atoms with Crippen LogP contribution in [-0.2, 0) is 5.54 Å². The van der Waals surface area contributed by atoms with E-state index in [1.165, 1.54) is 0 Å². The molecule has 1 aromatic carbocycles. The monoisotopic (exact) mass is 267 g/mol. The van der Waals surface area contributed by atoms with Gasteiger partial charge in [0.15, 0.2) is 0 Å². The van der Waals surface area contributed by atoms with Gasteiger partial charge in [-0.05, 0) is 32.0 Å². The molecule has 0 amide bonds. The van der Waals surface area contributed by atoms with E-state index in [4.69, 9.17) is 0 Å². The summed E-state index contributed by atoms with van der Waals surface area (Å²) in [5, 5.41) is 2.18. The third-order valence-corrected chi connectivity index (χ3v) is 2.76. The molecule has 0 saturated carbocycles. The third kappa shape index (κ3) is 2.63. The highest BCUT2D eigenvalue weighted by Gasteiger charge is 2.54. The number of hydrogen-bond donors (Lipinski definition) is 1. The van der Waals surface area contributed by atoms with E-state index >= 15 is 0 Å². The van der Waals surface area contributed by atoms with E-state index in [1.807, 2.05) is 0 Å². The lowest BCUT2D eigenvalue weighted by Crippen LogP contribution is -2.53. The lowest BCUT2D eigenvalue weighted by Gasteiger charge is -2.34. The highest BCUT2D eigenvalue weighted by atomic mass is 19.4. The predicted molar refractivity (Wildman–Crippen MR) is 58.1 cm³/mol. The largest absolute Gasteiger partial charge is 0.410 e. The lowest BCUT2D eigenvalue weighted by atomic mass is 9.90. The summed E-state index contributed by atoms with van der Waals surface area (Å²) >= 11 is 0. The first-order chi connectivity index (χ1) is 8.24. The van der Waals surface area contributed by atoms with Crippen LogP contribution >= 0.6 is 0 Å². The quantitative estimate of drug-likeness (QED) is 0.819. The van der Waals surface area contributed by atoms with E-state index in [1.54, 1.807) is 6.92 Å².